The lowest BCUT2D eigenvalue weighted by Gasteiger charge is -2.40. The fourth-order valence-corrected chi connectivity index (χ4v) is 6.91. The molecule has 2 atom stereocenters. The van der Waals surface area contributed by atoms with Crippen molar-refractivity contribution in [3.05, 3.63) is 82.0 Å². The molecule has 0 saturated heterocycles. The molecule has 32 heavy (non-hydrogen) atoms. The van der Waals surface area contributed by atoms with Gasteiger partial charge in [-0.15, -0.1) is 11.3 Å². The number of hydrogen-bond acceptors (Lipinski definition) is 6. The number of nitrogens with zero attached hydrogens (tertiary/aromatic N) is 1. The van der Waals surface area contributed by atoms with E-state index in [0.717, 1.165) is 16.0 Å². The Morgan fingerprint density at radius 3 is 2.53 bits per heavy atom. The van der Waals surface area contributed by atoms with Crippen molar-refractivity contribution in [1.82, 2.24) is 9.79 Å². The number of amides is 1. The molecule has 0 saturated carbocycles. The van der Waals surface area contributed by atoms with Gasteiger partial charge in [-0.3, -0.25) is 10.0 Å². The summed E-state index contributed by atoms with van der Waals surface area (Å²) in [5.74, 6) is -0.209. The average Bonchev–Trinajstić information content (AvgIpc) is 3.30. The van der Waals surface area contributed by atoms with Crippen molar-refractivity contribution in [2.75, 3.05) is 7.11 Å². The van der Waals surface area contributed by atoms with Crippen LogP contribution in [0.3, 0.4) is 0 Å². The van der Waals surface area contributed by atoms with Crippen molar-refractivity contribution in [2.24, 2.45) is 0 Å². The highest BCUT2D eigenvalue weighted by atomic mass is 32.2. The van der Waals surface area contributed by atoms with E-state index < -0.39 is 28.0 Å². The van der Waals surface area contributed by atoms with E-state index in [-0.39, 0.29) is 11.3 Å². The summed E-state index contributed by atoms with van der Waals surface area (Å²) >= 11 is 1.50. The number of methoxy groups -OCH3 is 1. The van der Waals surface area contributed by atoms with Gasteiger partial charge in [0.25, 0.3) is 5.91 Å². The third kappa shape index (κ3) is 4.29. The number of hydroxylamine groups is 1. The second-order valence-electron chi connectivity index (χ2n) is 7.55. The zero-order valence-electron chi connectivity index (χ0n) is 17.5. The Labute approximate surface area is 191 Å². The molecule has 1 aliphatic heterocycles. The molecular weight excluding hydrogens is 448 g/mol. The van der Waals surface area contributed by atoms with Crippen molar-refractivity contribution in [3.8, 4) is 5.75 Å². The molecule has 2 heterocycles. The molecule has 9 heteroatoms. The van der Waals surface area contributed by atoms with E-state index in [0.29, 0.717) is 18.6 Å². The Kier molecular flexibility index (Phi) is 6.61. The van der Waals surface area contributed by atoms with Gasteiger partial charge in [0.15, 0.2) is 0 Å². The standard InChI is InChI=1S/C23H24N2O5S2/c1-30-17-8-10-18(11-9-17)32(28,29)25-20(12-7-16-5-3-2-4-6-16)19-13-14-31-22(19)15-21(25)23(26)24-27/h2-6,8-11,13-14,20-21,27H,7,12,15H2,1H3,(H,24,26)/t20-,21-/m0/s1. The predicted octanol–water partition coefficient (Wildman–Crippen LogP) is 3.55. The smallest absolute Gasteiger partial charge is 0.262 e. The molecule has 2 N–H and O–H groups in total. The Morgan fingerprint density at radius 1 is 1.16 bits per heavy atom. The second-order valence-corrected chi connectivity index (χ2v) is 10.4. The summed E-state index contributed by atoms with van der Waals surface area (Å²) in [6.45, 7) is 0. The summed E-state index contributed by atoms with van der Waals surface area (Å²) in [6.07, 6.45) is 1.35. The molecule has 0 aliphatic carbocycles. The van der Waals surface area contributed by atoms with E-state index in [1.807, 2.05) is 41.8 Å². The van der Waals surface area contributed by atoms with Gasteiger partial charge in [0.1, 0.15) is 11.8 Å². The largest absolute Gasteiger partial charge is 0.497 e. The van der Waals surface area contributed by atoms with Gasteiger partial charge in [-0.2, -0.15) is 4.31 Å². The van der Waals surface area contributed by atoms with Crippen LogP contribution in [0.5, 0.6) is 5.75 Å². The Bertz CT molecular complexity index is 1180. The van der Waals surface area contributed by atoms with Gasteiger partial charge in [-0.1, -0.05) is 30.3 Å². The van der Waals surface area contributed by atoms with Gasteiger partial charge in [0.05, 0.1) is 18.0 Å². The third-order valence-corrected chi connectivity index (χ3v) is 8.62. The maximum atomic E-state index is 13.8. The highest BCUT2D eigenvalue weighted by Gasteiger charge is 2.45. The minimum Gasteiger partial charge on any atom is -0.497 e. The number of benzene rings is 2. The molecule has 0 spiro atoms. The lowest BCUT2D eigenvalue weighted by Crippen LogP contribution is -2.53. The van der Waals surface area contributed by atoms with Gasteiger partial charge in [-0.05, 0) is 59.7 Å². The second kappa shape index (κ2) is 9.41. The van der Waals surface area contributed by atoms with Crippen molar-refractivity contribution in [3.63, 3.8) is 0 Å². The van der Waals surface area contributed by atoms with E-state index in [4.69, 9.17) is 4.74 Å². The minimum atomic E-state index is -4.05. The van der Waals surface area contributed by atoms with Crippen LogP contribution in [0.25, 0.3) is 0 Å². The lowest BCUT2D eigenvalue weighted by atomic mass is 9.92. The molecule has 4 rings (SSSR count). The summed E-state index contributed by atoms with van der Waals surface area (Å²) < 4.78 is 34.0. The number of carbonyl (C=O) groups excluding carboxylic acids is 1. The van der Waals surface area contributed by atoms with E-state index in [2.05, 4.69) is 0 Å². The van der Waals surface area contributed by atoms with Crippen LogP contribution in [-0.2, 0) is 27.7 Å². The summed E-state index contributed by atoms with van der Waals surface area (Å²) in [7, 11) is -2.55. The van der Waals surface area contributed by atoms with Gasteiger partial charge in [0, 0.05) is 11.3 Å². The first kappa shape index (κ1) is 22.5. The van der Waals surface area contributed by atoms with Crippen LogP contribution < -0.4 is 10.2 Å². The first-order valence-electron chi connectivity index (χ1n) is 10.2. The maximum Gasteiger partial charge on any atom is 0.262 e. The van der Waals surface area contributed by atoms with Crippen LogP contribution in [0.4, 0.5) is 0 Å². The van der Waals surface area contributed by atoms with Crippen LogP contribution in [0.15, 0.2) is 70.9 Å². The summed E-state index contributed by atoms with van der Waals surface area (Å²) in [4.78, 5) is 13.6. The molecule has 0 fully saturated rings. The number of aryl methyl sites for hydroxylation is 1. The van der Waals surface area contributed by atoms with Crippen LogP contribution in [0.1, 0.15) is 28.5 Å². The van der Waals surface area contributed by atoms with Crippen LogP contribution in [-0.4, -0.2) is 37.0 Å². The molecule has 3 aromatic rings. The fourth-order valence-electron chi connectivity index (χ4n) is 4.15. The number of fused-ring (bicyclic) bond motifs is 1. The van der Waals surface area contributed by atoms with E-state index in [9.17, 15) is 18.4 Å². The Hall–Kier alpha value is -2.72. The maximum absolute atomic E-state index is 13.8. The van der Waals surface area contributed by atoms with Gasteiger partial charge in [-0.25, -0.2) is 13.9 Å². The number of carbonyl (C=O) groups is 1. The van der Waals surface area contributed by atoms with E-state index in [1.54, 1.807) is 17.6 Å². The van der Waals surface area contributed by atoms with Crippen LogP contribution in [0.2, 0.25) is 0 Å². The normalized spacial score (nSPS) is 18.7. The quantitative estimate of drug-likeness (QED) is 0.405. The molecule has 0 bridgehead atoms. The minimum absolute atomic E-state index is 0.0671. The zero-order chi connectivity index (χ0) is 22.7. The average molecular weight is 473 g/mol. The third-order valence-electron chi connectivity index (χ3n) is 5.73. The highest BCUT2D eigenvalue weighted by Crippen LogP contribution is 2.42. The fraction of sp³-hybridized carbons (Fsp3) is 0.261. The predicted molar refractivity (Wildman–Crippen MR) is 121 cm³/mol. The Morgan fingerprint density at radius 2 is 1.88 bits per heavy atom. The number of ether oxygens (including phenoxy) is 1. The summed E-state index contributed by atoms with van der Waals surface area (Å²) in [5.41, 5.74) is 3.65. The van der Waals surface area contributed by atoms with Gasteiger partial charge < -0.3 is 4.74 Å². The van der Waals surface area contributed by atoms with Crippen molar-refractivity contribution < 1.29 is 23.2 Å². The SMILES string of the molecule is COc1ccc(S(=O)(=O)N2[C@H](C(=O)NO)Cc3sccc3[C@@H]2CCc2ccccc2)cc1. The van der Waals surface area contributed by atoms with Crippen LogP contribution in [0, 0.1) is 0 Å². The number of hydrogen-bond donors (Lipinski definition) is 2. The van der Waals surface area contributed by atoms with Crippen LogP contribution >= 0.6 is 11.3 Å². The first-order valence-corrected chi connectivity index (χ1v) is 12.5. The lowest BCUT2D eigenvalue weighted by molar-refractivity contribution is -0.134. The van der Waals surface area contributed by atoms with Gasteiger partial charge >= 0.3 is 0 Å². The van der Waals surface area contributed by atoms with Crippen molar-refractivity contribution >= 4 is 27.3 Å². The molecule has 0 unspecified atom stereocenters. The van der Waals surface area contributed by atoms with E-state index >= 15 is 0 Å². The number of nitrogens with one attached hydrogen (secondary N) is 1. The topological polar surface area (TPSA) is 95.9 Å². The molecule has 1 amide bonds. The van der Waals surface area contributed by atoms with Gasteiger partial charge in [0.2, 0.25) is 10.0 Å². The molecule has 7 nitrogen and oxygen atoms in total. The van der Waals surface area contributed by atoms with Crippen molar-refractivity contribution in [1.29, 1.82) is 0 Å². The molecule has 2 aromatic carbocycles. The highest BCUT2D eigenvalue weighted by molar-refractivity contribution is 7.89. The molecule has 1 aromatic heterocycles. The number of thiophene rings is 1. The number of rotatable bonds is 7. The van der Waals surface area contributed by atoms with Crippen molar-refractivity contribution in [2.45, 2.75) is 36.2 Å². The monoisotopic (exact) mass is 472 g/mol. The van der Waals surface area contributed by atoms with E-state index in [1.165, 1.54) is 34.9 Å². The summed E-state index contributed by atoms with van der Waals surface area (Å²) in [5, 5.41) is 11.3. The Balaban J connectivity index is 1.78. The molecule has 1 aliphatic rings. The number of sulfonamides is 1. The molecule has 168 valence electrons. The molecule has 0 radical (unpaired) electrons. The first-order chi connectivity index (χ1) is 15.5. The molecular formula is C23H24N2O5S2. The summed E-state index contributed by atoms with van der Waals surface area (Å²) in [6, 6.07) is 16.2. The zero-order valence-corrected chi connectivity index (χ0v) is 19.1.